The van der Waals surface area contributed by atoms with Gasteiger partial charge < -0.3 is 10.1 Å². The molecule has 0 fully saturated rings. The molecule has 2 aliphatic rings. The van der Waals surface area contributed by atoms with Crippen molar-refractivity contribution < 1.29 is 9.53 Å². The lowest BCUT2D eigenvalue weighted by molar-refractivity contribution is -0.119. The smallest absolute Gasteiger partial charge is 0.239 e. The number of benzene rings is 2. The van der Waals surface area contributed by atoms with Gasteiger partial charge in [0.15, 0.2) is 0 Å². The van der Waals surface area contributed by atoms with Crippen LogP contribution in [0.3, 0.4) is 0 Å². The maximum Gasteiger partial charge on any atom is 0.239 e. The van der Waals surface area contributed by atoms with Crippen LogP contribution < -0.4 is 10.1 Å². The third-order valence-electron chi connectivity index (χ3n) is 5.24. The van der Waals surface area contributed by atoms with Crippen LogP contribution in [0.1, 0.15) is 43.9 Å². The third-order valence-corrected chi connectivity index (χ3v) is 5.48. The summed E-state index contributed by atoms with van der Waals surface area (Å²) in [5.74, 6) is 0.903. The quantitative estimate of drug-likeness (QED) is 0.816. The van der Waals surface area contributed by atoms with E-state index in [4.69, 9.17) is 16.3 Å². The Bertz CT molecular complexity index is 859. The van der Waals surface area contributed by atoms with Crippen LogP contribution in [0.2, 0.25) is 5.02 Å². The fraction of sp³-hybridized carbons (Fsp3) is 0.350. The predicted octanol–water partition coefficient (Wildman–Crippen LogP) is 4.70. The van der Waals surface area contributed by atoms with Gasteiger partial charge in [-0.05, 0) is 74.6 Å². The molecule has 0 saturated heterocycles. The molecule has 0 radical (unpaired) electrons. The van der Waals surface area contributed by atoms with Crippen molar-refractivity contribution in [1.29, 1.82) is 0 Å². The summed E-state index contributed by atoms with van der Waals surface area (Å²) >= 11 is 6.17. The zero-order valence-electron chi connectivity index (χ0n) is 14.1. The second kappa shape index (κ2) is 5.00. The van der Waals surface area contributed by atoms with Gasteiger partial charge in [0, 0.05) is 10.7 Å². The lowest BCUT2D eigenvalue weighted by Crippen LogP contribution is -2.34. The molecule has 24 heavy (non-hydrogen) atoms. The second-order valence-electron chi connectivity index (χ2n) is 7.45. The molecule has 0 unspecified atom stereocenters. The van der Waals surface area contributed by atoms with E-state index < -0.39 is 5.41 Å². The number of aryl methyl sites for hydroxylation is 1. The average Bonchev–Trinajstić information content (AvgIpc) is 2.78. The van der Waals surface area contributed by atoms with Crippen LogP contribution in [0, 0.1) is 0 Å². The van der Waals surface area contributed by atoms with Gasteiger partial charge in [-0.1, -0.05) is 23.7 Å². The molecule has 3 nitrogen and oxygen atoms in total. The number of hydrogen-bond donors (Lipinski definition) is 1. The number of amides is 1. The standard InChI is InChI=1S/C20H20ClNO2/c1-19(2)9-8-12-10-13(4-7-17(12)24-19)20(3)15-11-14(21)5-6-16(15)22-18(20)23/h4-7,10-11H,8-9H2,1-3H3,(H,22,23)/t20-/m1/s1. The van der Waals surface area contributed by atoms with Gasteiger partial charge in [0.1, 0.15) is 11.4 Å². The highest BCUT2D eigenvalue weighted by atomic mass is 35.5. The van der Waals surface area contributed by atoms with E-state index in [1.54, 1.807) is 6.07 Å². The van der Waals surface area contributed by atoms with Crippen molar-refractivity contribution in [3.8, 4) is 5.75 Å². The van der Waals surface area contributed by atoms with Gasteiger partial charge in [-0.2, -0.15) is 0 Å². The molecule has 0 saturated carbocycles. The van der Waals surface area contributed by atoms with Crippen molar-refractivity contribution in [2.75, 3.05) is 5.32 Å². The zero-order valence-corrected chi connectivity index (χ0v) is 14.8. The minimum absolute atomic E-state index is 0.0169. The van der Waals surface area contributed by atoms with Crippen molar-refractivity contribution in [3.63, 3.8) is 0 Å². The van der Waals surface area contributed by atoms with Crippen molar-refractivity contribution in [2.45, 2.75) is 44.6 Å². The minimum Gasteiger partial charge on any atom is -0.488 e. The largest absolute Gasteiger partial charge is 0.488 e. The van der Waals surface area contributed by atoms with E-state index in [9.17, 15) is 4.79 Å². The van der Waals surface area contributed by atoms with Crippen LogP contribution in [-0.4, -0.2) is 11.5 Å². The molecule has 0 bridgehead atoms. The third kappa shape index (κ3) is 2.22. The van der Waals surface area contributed by atoms with Gasteiger partial charge in [-0.25, -0.2) is 0 Å². The molecule has 2 aliphatic heterocycles. The summed E-state index contributed by atoms with van der Waals surface area (Å²) in [6.07, 6.45) is 1.92. The van der Waals surface area contributed by atoms with E-state index in [1.165, 1.54) is 0 Å². The van der Waals surface area contributed by atoms with Gasteiger partial charge in [0.05, 0.1) is 5.41 Å². The number of halogens is 1. The molecule has 0 aromatic heterocycles. The molecule has 4 heteroatoms. The highest BCUT2D eigenvalue weighted by Crippen LogP contribution is 2.45. The number of carbonyl (C=O) groups is 1. The summed E-state index contributed by atoms with van der Waals surface area (Å²) in [6.45, 7) is 6.17. The van der Waals surface area contributed by atoms with Crippen molar-refractivity contribution in [3.05, 3.63) is 58.1 Å². The average molecular weight is 342 g/mol. The molecule has 2 aromatic rings. The number of hydrogen-bond acceptors (Lipinski definition) is 2. The molecule has 1 amide bonds. The molecule has 124 valence electrons. The second-order valence-corrected chi connectivity index (χ2v) is 7.89. The van der Waals surface area contributed by atoms with Crippen molar-refractivity contribution in [1.82, 2.24) is 0 Å². The number of nitrogens with one attached hydrogen (secondary N) is 1. The lowest BCUT2D eigenvalue weighted by Gasteiger charge is -2.33. The van der Waals surface area contributed by atoms with Gasteiger partial charge in [0.2, 0.25) is 5.91 Å². The first-order valence-electron chi connectivity index (χ1n) is 8.23. The molecule has 1 N–H and O–H groups in total. The Labute approximate surface area is 147 Å². The Hall–Kier alpha value is -2.00. The van der Waals surface area contributed by atoms with Crippen LogP contribution in [0.4, 0.5) is 5.69 Å². The summed E-state index contributed by atoms with van der Waals surface area (Å²) in [6, 6.07) is 11.6. The predicted molar refractivity (Wildman–Crippen MR) is 96.0 cm³/mol. The molecular formula is C20H20ClNO2. The SMILES string of the molecule is CC1(C)CCc2cc([C@@]3(C)C(=O)Nc4ccc(Cl)cc43)ccc2O1. The molecule has 2 aromatic carbocycles. The molecule has 0 spiro atoms. The number of anilines is 1. The van der Waals surface area contributed by atoms with E-state index in [0.717, 1.165) is 41.0 Å². The summed E-state index contributed by atoms with van der Waals surface area (Å²) < 4.78 is 6.06. The van der Waals surface area contributed by atoms with Crippen LogP contribution in [-0.2, 0) is 16.6 Å². The summed E-state index contributed by atoms with van der Waals surface area (Å²) in [7, 11) is 0. The number of fused-ring (bicyclic) bond motifs is 2. The Balaban J connectivity index is 1.82. The first-order valence-corrected chi connectivity index (χ1v) is 8.61. The number of ether oxygens (including phenoxy) is 1. The van der Waals surface area contributed by atoms with Gasteiger partial charge >= 0.3 is 0 Å². The number of rotatable bonds is 1. The Kier molecular flexibility index (Phi) is 3.23. The summed E-state index contributed by atoms with van der Waals surface area (Å²) in [5, 5.41) is 3.62. The maximum absolute atomic E-state index is 12.8. The van der Waals surface area contributed by atoms with E-state index in [2.05, 4.69) is 25.2 Å². The topological polar surface area (TPSA) is 38.3 Å². The normalized spacial score (nSPS) is 23.9. The summed E-state index contributed by atoms with van der Waals surface area (Å²) in [5.41, 5.74) is 3.03. The lowest BCUT2D eigenvalue weighted by atomic mass is 9.76. The molecule has 4 rings (SSSR count). The van der Waals surface area contributed by atoms with Gasteiger partial charge in [-0.3, -0.25) is 4.79 Å². The van der Waals surface area contributed by atoms with Crippen molar-refractivity contribution >= 4 is 23.2 Å². The van der Waals surface area contributed by atoms with E-state index in [1.807, 2.05) is 31.2 Å². The highest BCUT2D eigenvalue weighted by molar-refractivity contribution is 6.31. The molecular weight excluding hydrogens is 322 g/mol. The molecule has 0 aliphatic carbocycles. The Morgan fingerprint density at radius 3 is 2.71 bits per heavy atom. The minimum atomic E-state index is -0.734. The Morgan fingerprint density at radius 2 is 1.92 bits per heavy atom. The monoisotopic (exact) mass is 341 g/mol. The highest BCUT2D eigenvalue weighted by Gasteiger charge is 2.44. The van der Waals surface area contributed by atoms with Crippen LogP contribution in [0.5, 0.6) is 5.75 Å². The zero-order chi connectivity index (χ0) is 17.1. The molecule has 2 heterocycles. The van der Waals surface area contributed by atoms with E-state index in [0.29, 0.717) is 5.02 Å². The first-order chi connectivity index (χ1) is 11.3. The van der Waals surface area contributed by atoms with Crippen LogP contribution in [0.15, 0.2) is 36.4 Å². The van der Waals surface area contributed by atoms with Crippen LogP contribution in [0.25, 0.3) is 0 Å². The first kappa shape index (κ1) is 15.5. The van der Waals surface area contributed by atoms with E-state index in [-0.39, 0.29) is 11.5 Å². The van der Waals surface area contributed by atoms with Crippen molar-refractivity contribution in [2.24, 2.45) is 0 Å². The van der Waals surface area contributed by atoms with Crippen LogP contribution >= 0.6 is 11.6 Å². The van der Waals surface area contributed by atoms with Gasteiger partial charge in [-0.15, -0.1) is 0 Å². The number of carbonyl (C=O) groups excluding carboxylic acids is 1. The fourth-order valence-electron chi connectivity index (χ4n) is 3.67. The molecule has 1 atom stereocenters. The van der Waals surface area contributed by atoms with E-state index >= 15 is 0 Å². The summed E-state index contributed by atoms with van der Waals surface area (Å²) in [4.78, 5) is 12.8. The van der Waals surface area contributed by atoms with Gasteiger partial charge in [0.25, 0.3) is 0 Å². The Morgan fingerprint density at radius 1 is 1.12 bits per heavy atom. The maximum atomic E-state index is 12.8. The fourth-order valence-corrected chi connectivity index (χ4v) is 3.84.